The van der Waals surface area contributed by atoms with E-state index in [1.54, 1.807) is 24.0 Å². The Hall–Kier alpha value is -2.93. The van der Waals surface area contributed by atoms with Gasteiger partial charge in [-0.1, -0.05) is 17.7 Å². The predicted molar refractivity (Wildman–Crippen MR) is 103 cm³/mol. The second-order valence-corrected chi connectivity index (χ2v) is 6.99. The molecule has 0 aromatic heterocycles. The maximum atomic E-state index is 12.6. The number of carbonyl (C=O) groups is 2. The Morgan fingerprint density at radius 3 is 2.59 bits per heavy atom. The van der Waals surface area contributed by atoms with Gasteiger partial charge in [0.1, 0.15) is 0 Å². The minimum Gasteiger partial charge on any atom is -0.326 e. The zero-order chi connectivity index (χ0) is 19.7. The molecule has 0 aliphatic carbocycles. The Morgan fingerprint density at radius 1 is 1.22 bits per heavy atom. The van der Waals surface area contributed by atoms with Crippen LogP contribution in [0.1, 0.15) is 17.5 Å². The molecule has 3 rings (SSSR count). The fraction of sp³-hybridized carbons (Fsp3) is 0.263. The molecule has 0 spiro atoms. The maximum Gasteiger partial charge on any atom is 0.269 e. The average molecular weight is 388 g/mol. The quantitative estimate of drug-likeness (QED) is 0.636. The summed E-state index contributed by atoms with van der Waals surface area (Å²) in [5.41, 5.74) is 2.62. The number of aryl methyl sites for hydroxylation is 2. The number of nitrogens with one attached hydrogen (secondary N) is 1. The number of hydrogen-bond donors (Lipinski definition) is 1. The summed E-state index contributed by atoms with van der Waals surface area (Å²) in [6.45, 7) is 3.82. The molecule has 2 aromatic carbocycles. The van der Waals surface area contributed by atoms with Crippen LogP contribution in [0.5, 0.6) is 0 Å². The summed E-state index contributed by atoms with van der Waals surface area (Å²) in [6.07, 6.45) is 0.101. The zero-order valence-electron chi connectivity index (χ0n) is 14.9. The number of nitrogens with zero attached hydrogens (tertiary/aromatic N) is 2. The van der Waals surface area contributed by atoms with E-state index < -0.39 is 10.8 Å². The molecule has 8 heteroatoms. The van der Waals surface area contributed by atoms with Crippen LogP contribution < -0.4 is 10.2 Å². The summed E-state index contributed by atoms with van der Waals surface area (Å²) in [7, 11) is 0. The van der Waals surface area contributed by atoms with E-state index in [0.717, 1.165) is 5.56 Å². The molecule has 2 amide bonds. The maximum absolute atomic E-state index is 12.6. The first-order chi connectivity index (χ1) is 12.8. The number of anilines is 2. The predicted octanol–water partition coefficient (Wildman–Crippen LogP) is 3.86. The smallest absolute Gasteiger partial charge is 0.269 e. The molecule has 1 heterocycles. The third-order valence-corrected chi connectivity index (χ3v) is 5.05. The summed E-state index contributed by atoms with van der Waals surface area (Å²) in [4.78, 5) is 36.8. The van der Waals surface area contributed by atoms with Crippen molar-refractivity contribution in [3.8, 4) is 0 Å². The molecule has 1 aliphatic rings. The van der Waals surface area contributed by atoms with E-state index in [9.17, 15) is 19.7 Å². The van der Waals surface area contributed by atoms with Crippen molar-refractivity contribution in [1.82, 2.24) is 0 Å². The summed E-state index contributed by atoms with van der Waals surface area (Å²) in [5, 5.41) is 14.1. The van der Waals surface area contributed by atoms with Gasteiger partial charge in [0.15, 0.2) is 0 Å². The van der Waals surface area contributed by atoms with E-state index in [4.69, 9.17) is 11.6 Å². The van der Waals surface area contributed by atoms with Crippen LogP contribution in [0, 0.1) is 29.9 Å². The van der Waals surface area contributed by atoms with Crippen LogP contribution in [0.3, 0.4) is 0 Å². The first kappa shape index (κ1) is 18.8. The number of rotatable bonds is 4. The fourth-order valence-corrected chi connectivity index (χ4v) is 3.19. The first-order valence-corrected chi connectivity index (χ1v) is 8.76. The van der Waals surface area contributed by atoms with E-state index in [1.807, 2.05) is 13.0 Å². The van der Waals surface area contributed by atoms with Gasteiger partial charge in [-0.2, -0.15) is 0 Å². The van der Waals surface area contributed by atoms with Crippen molar-refractivity contribution in [1.29, 1.82) is 0 Å². The number of benzene rings is 2. The van der Waals surface area contributed by atoms with Crippen molar-refractivity contribution >= 4 is 40.5 Å². The topological polar surface area (TPSA) is 92.6 Å². The minimum absolute atomic E-state index is 0.0380. The average Bonchev–Trinajstić information content (AvgIpc) is 3.01. The van der Waals surface area contributed by atoms with Crippen molar-refractivity contribution in [3.05, 3.63) is 62.7 Å². The highest BCUT2D eigenvalue weighted by molar-refractivity contribution is 6.31. The summed E-state index contributed by atoms with van der Waals surface area (Å²) < 4.78 is 0. The Bertz CT molecular complexity index is 945. The summed E-state index contributed by atoms with van der Waals surface area (Å²) in [5.74, 6) is -0.941. The molecule has 1 fully saturated rings. The molecular formula is C19H18ClN3O4. The lowest BCUT2D eigenvalue weighted by Crippen LogP contribution is -2.28. The van der Waals surface area contributed by atoms with E-state index in [0.29, 0.717) is 22.0 Å². The molecule has 1 N–H and O–H groups in total. The van der Waals surface area contributed by atoms with E-state index >= 15 is 0 Å². The summed E-state index contributed by atoms with van der Waals surface area (Å²) in [6, 6.07) is 9.59. The van der Waals surface area contributed by atoms with Gasteiger partial charge in [0, 0.05) is 41.5 Å². The molecule has 140 valence electrons. The van der Waals surface area contributed by atoms with Crippen LogP contribution in [0.4, 0.5) is 17.1 Å². The number of hydrogen-bond acceptors (Lipinski definition) is 4. The highest BCUT2D eigenvalue weighted by Gasteiger charge is 2.35. The number of nitro groups is 1. The molecule has 0 saturated carbocycles. The molecule has 0 unspecified atom stereocenters. The highest BCUT2D eigenvalue weighted by Crippen LogP contribution is 2.30. The largest absolute Gasteiger partial charge is 0.326 e. The number of carbonyl (C=O) groups excluding carboxylic acids is 2. The van der Waals surface area contributed by atoms with Crippen molar-refractivity contribution < 1.29 is 14.5 Å². The third-order valence-electron chi connectivity index (χ3n) is 4.64. The van der Waals surface area contributed by atoms with Gasteiger partial charge in [0.05, 0.1) is 10.8 Å². The zero-order valence-corrected chi connectivity index (χ0v) is 15.6. The van der Waals surface area contributed by atoms with E-state index in [2.05, 4.69) is 5.32 Å². The van der Waals surface area contributed by atoms with Gasteiger partial charge in [-0.05, 0) is 43.2 Å². The van der Waals surface area contributed by atoms with Crippen molar-refractivity contribution in [2.24, 2.45) is 5.92 Å². The van der Waals surface area contributed by atoms with Gasteiger partial charge in [-0.25, -0.2) is 0 Å². The van der Waals surface area contributed by atoms with E-state index in [-0.39, 0.29) is 30.5 Å². The normalized spacial score (nSPS) is 16.5. The molecule has 2 aromatic rings. The Balaban J connectivity index is 1.72. The molecule has 0 radical (unpaired) electrons. The van der Waals surface area contributed by atoms with Crippen molar-refractivity contribution in [2.75, 3.05) is 16.8 Å². The van der Waals surface area contributed by atoms with Crippen LogP contribution in [-0.4, -0.2) is 23.3 Å². The molecule has 0 bridgehead atoms. The van der Waals surface area contributed by atoms with Crippen LogP contribution in [0.15, 0.2) is 36.4 Å². The van der Waals surface area contributed by atoms with Gasteiger partial charge < -0.3 is 10.2 Å². The van der Waals surface area contributed by atoms with Crippen LogP contribution >= 0.6 is 11.6 Å². The molecular weight excluding hydrogens is 370 g/mol. The number of nitro benzene ring substituents is 1. The molecule has 1 saturated heterocycles. The number of non-ortho nitro benzene ring substituents is 1. The first-order valence-electron chi connectivity index (χ1n) is 8.38. The fourth-order valence-electron chi connectivity index (χ4n) is 3.02. The van der Waals surface area contributed by atoms with Crippen molar-refractivity contribution in [2.45, 2.75) is 20.3 Å². The highest BCUT2D eigenvalue weighted by atomic mass is 35.5. The third kappa shape index (κ3) is 3.93. The van der Waals surface area contributed by atoms with E-state index in [1.165, 1.54) is 18.2 Å². The standard InChI is InChI=1S/C19H18ClN3O4/c1-11-3-4-14(9-16(11)20)22-10-13(8-18(22)24)19(25)21-17-6-5-15(23(26)27)7-12(17)2/h3-7,9,13H,8,10H2,1-2H3,(H,21,25)/t13-/m0/s1. The molecule has 1 atom stereocenters. The van der Waals surface area contributed by atoms with Gasteiger partial charge in [0.2, 0.25) is 11.8 Å². The van der Waals surface area contributed by atoms with Gasteiger partial charge in [0.25, 0.3) is 5.69 Å². The van der Waals surface area contributed by atoms with Crippen LogP contribution in [0.25, 0.3) is 0 Å². The monoisotopic (exact) mass is 387 g/mol. The number of halogens is 1. The molecule has 27 heavy (non-hydrogen) atoms. The van der Waals surface area contributed by atoms with Crippen LogP contribution in [0.2, 0.25) is 5.02 Å². The number of amides is 2. The van der Waals surface area contributed by atoms with Gasteiger partial charge >= 0.3 is 0 Å². The van der Waals surface area contributed by atoms with Gasteiger partial charge in [-0.3, -0.25) is 19.7 Å². The lowest BCUT2D eigenvalue weighted by Gasteiger charge is -2.18. The van der Waals surface area contributed by atoms with Crippen molar-refractivity contribution in [3.63, 3.8) is 0 Å². The van der Waals surface area contributed by atoms with Crippen LogP contribution in [-0.2, 0) is 9.59 Å². The Kier molecular flexibility index (Phi) is 5.14. The Labute approximate surface area is 161 Å². The minimum atomic E-state index is -0.507. The molecule has 1 aliphatic heterocycles. The lowest BCUT2D eigenvalue weighted by molar-refractivity contribution is -0.384. The SMILES string of the molecule is Cc1ccc(N2C[C@@H](C(=O)Nc3ccc([N+](=O)[O-])cc3C)CC2=O)cc1Cl. The molecule has 7 nitrogen and oxygen atoms in total. The Morgan fingerprint density at radius 2 is 1.96 bits per heavy atom. The lowest BCUT2D eigenvalue weighted by atomic mass is 10.1. The second kappa shape index (κ2) is 7.36. The second-order valence-electron chi connectivity index (χ2n) is 6.58. The summed E-state index contributed by atoms with van der Waals surface area (Å²) >= 11 is 6.13. The van der Waals surface area contributed by atoms with Gasteiger partial charge in [-0.15, -0.1) is 0 Å².